The van der Waals surface area contributed by atoms with Gasteiger partial charge in [-0.25, -0.2) is 4.79 Å². The number of nitro benzene ring substituents is 1. The Bertz CT molecular complexity index is 746. The molecule has 0 aliphatic carbocycles. The van der Waals surface area contributed by atoms with E-state index in [4.69, 9.17) is 9.47 Å². The molecule has 7 nitrogen and oxygen atoms in total. The monoisotopic (exact) mass is 314 g/mol. The van der Waals surface area contributed by atoms with Crippen molar-refractivity contribution >= 4 is 17.5 Å². The van der Waals surface area contributed by atoms with Crippen LogP contribution in [0.1, 0.15) is 11.1 Å². The molecule has 0 aromatic heterocycles. The number of benzene rings is 2. The van der Waals surface area contributed by atoms with Crippen molar-refractivity contribution in [3.8, 4) is 5.75 Å². The predicted octanol–water partition coefficient (Wildman–Crippen LogP) is 3.28. The van der Waals surface area contributed by atoms with Gasteiger partial charge in [0.25, 0.3) is 5.69 Å². The zero-order chi connectivity index (χ0) is 16.2. The largest absolute Gasteiger partial charge is 0.493 e. The lowest BCUT2D eigenvalue weighted by molar-refractivity contribution is -0.384. The van der Waals surface area contributed by atoms with Crippen LogP contribution in [0.4, 0.5) is 16.2 Å². The molecule has 2 aromatic carbocycles. The van der Waals surface area contributed by atoms with Gasteiger partial charge in [-0.15, -0.1) is 0 Å². The summed E-state index contributed by atoms with van der Waals surface area (Å²) in [7, 11) is 0. The summed E-state index contributed by atoms with van der Waals surface area (Å²) in [5.74, 6) is 0.550. The second-order valence-corrected chi connectivity index (χ2v) is 5.02. The molecule has 0 unspecified atom stereocenters. The van der Waals surface area contributed by atoms with Gasteiger partial charge in [0.1, 0.15) is 18.0 Å². The summed E-state index contributed by atoms with van der Waals surface area (Å²) < 4.78 is 10.4. The minimum Gasteiger partial charge on any atom is -0.493 e. The van der Waals surface area contributed by atoms with Gasteiger partial charge in [-0.3, -0.25) is 15.4 Å². The van der Waals surface area contributed by atoms with E-state index in [-0.39, 0.29) is 18.0 Å². The molecule has 0 bridgehead atoms. The van der Waals surface area contributed by atoms with Crippen molar-refractivity contribution in [3.63, 3.8) is 0 Å². The first-order chi connectivity index (χ1) is 11.1. The third-order valence-electron chi connectivity index (χ3n) is 3.45. The number of nitro groups is 1. The first-order valence-electron chi connectivity index (χ1n) is 7.05. The maximum absolute atomic E-state index is 11.9. The van der Waals surface area contributed by atoms with Crippen molar-refractivity contribution in [2.45, 2.75) is 13.0 Å². The molecule has 23 heavy (non-hydrogen) atoms. The number of rotatable bonds is 4. The minimum atomic E-state index is -0.755. The first-order valence-corrected chi connectivity index (χ1v) is 7.05. The van der Waals surface area contributed by atoms with E-state index in [0.29, 0.717) is 18.8 Å². The molecule has 0 fully saturated rings. The van der Waals surface area contributed by atoms with Crippen LogP contribution >= 0.6 is 0 Å². The van der Waals surface area contributed by atoms with Crippen molar-refractivity contribution in [2.24, 2.45) is 0 Å². The Morgan fingerprint density at radius 2 is 2.09 bits per heavy atom. The third-order valence-corrected chi connectivity index (χ3v) is 3.45. The molecule has 2 aromatic rings. The van der Waals surface area contributed by atoms with Gasteiger partial charge in [-0.2, -0.15) is 0 Å². The van der Waals surface area contributed by atoms with Gasteiger partial charge in [-0.1, -0.05) is 30.3 Å². The Balaban J connectivity index is 1.71. The second-order valence-electron chi connectivity index (χ2n) is 5.02. The van der Waals surface area contributed by atoms with Crippen LogP contribution in [0.5, 0.6) is 5.75 Å². The van der Waals surface area contributed by atoms with E-state index in [2.05, 4.69) is 5.32 Å². The molecule has 0 radical (unpaired) electrons. The number of hydrogen-bond donors (Lipinski definition) is 1. The average Bonchev–Trinajstić information content (AvgIpc) is 3.00. The normalized spacial score (nSPS) is 12.2. The topological polar surface area (TPSA) is 90.7 Å². The Morgan fingerprint density at radius 1 is 1.30 bits per heavy atom. The van der Waals surface area contributed by atoms with Crippen LogP contribution in [0.15, 0.2) is 42.5 Å². The van der Waals surface area contributed by atoms with Crippen molar-refractivity contribution in [1.29, 1.82) is 0 Å². The second kappa shape index (κ2) is 6.35. The maximum Gasteiger partial charge on any atom is 0.412 e. The van der Waals surface area contributed by atoms with Crippen LogP contribution < -0.4 is 10.1 Å². The zero-order valence-electron chi connectivity index (χ0n) is 12.2. The Morgan fingerprint density at radius 3 is 2.83 bits per heavy atom. The number of hydrogen-bond acceptors (Lipinski definition) is 5. The highest BCUT2D eigenvalue weighted by molar-refractivity contribution is 5.88. The molecule has 0 saturated carbocycles. The number of carbonyl (C=O) groups excluding carboxylic acids is 1. The summed E-state index contributed by atoms with van der Waals surface area (Å²) in [6, 6.07) is 12.0. The lowest BCUT2D eigenvalue weighted by Gasteiger charge is -2.09. The number of amides is 1. The third kappa shape index (κ3) is 3.39. The molecule has 118 valence electrons. The molecule has 1 N–H and O–H groups in total. The quantitative estimate of drug-likeness (QED) is 0.691. The first kappa shape index (κ1) is 14.8. The van der Waals surface area contributed by atoms with Gasteiger partial charge in [0, 0.05) is 24.1 Å². The number of nitrogens with zero attached hydrogens (tertiary/aromatic N) is 1. The van der Waals surface area contributed by atoms with Gasteiger partial charge in [0.2, 0.25) is 0 Å². The van der Waals surface area contributed by atoms with Gasteiger partial charge >= 0.3 is 6.09 Å². The zero-order valence-corrected chi connectivity index (χ0v) is 12.2. The van der Waals surface area contributed by atoms with E-state index in [0.717, 1.165) is 11.1 Å². The fraction of sp³-hybridized carbons (Fsp3) is 0.188. The summed E-state index contributed by atoms with van der Waals surface area (Å²) in [4.78, 5) is 22.5. The number of carbonyl (C=O) groups is 1. The highest BCUT2D eigenvalue weighted by Gasteiger charge is 2.23. The van der Waals surface area contributed by atoms with Crippen LogP contribution in [0, 0.1) is 10.1 Å². The highest BCUT2D eigenvalue weighted by Crippen LogP contribution is 2.35. The van der Waals surface area contributed by atoms with Crippen LogP contribution in [0.25, 0.3) is 0 Å². The predicted molar refractivity (Wildman–Crippen MR) is 82.5 cm³/mol. The Labute approximate surface area is 132 Å². The van der Waals surface area contributed by atoms with E-state index in [1.807, 2.05) is 30.3 Å². The van der Waals surface area contributed by atoms with E-state index in [1.165, 1.54) is 12.1 Å². The number of fused-ring (bicyclic) bond motifs is 1. The van der Waals surface area contributed by atoms with Gasteiger partial charge in [-0.05, 0) is 5.56 Å². The lowest BCUT2D eigenvalue weighted by atomic mass is 10.1. The van der Waals surface area contributed by atoms with E-state index >= 15 is 0 Å². The number of ether oxygens (including phenoxy) is 2. The molecular weight excluding hydrogens is 300 g/mol. The highest BCUT2D eigenvalue weighted by atomic mass is 16.6. The number of nitrogens with one attached hydrogen (secondary N) is 1. The summed E-state index contributed by atoms with van der Waals surface area (Å²) in [5, 5.41) is 13.6. The molecule has 7 heteroatoms. The van der Waals surface area contributed by atoms with Crippen LogP contribution in [-0.2, 0) is 17.8 Å². The summed E-state index contributed by atoms with van der Waals surface area (Å²) in [6.45, 7) is 0.566. The molecule has 1 aliphatic heterocycles. The Hall–Kier alpha value is -3.09. The van der Waals surface area contributed by atoms with Crippen molar-refractivity contribution < 1.29 is 19.2 Å². The van der Waals surface area contributed by atoms with Crippen LogP contribution in [-0.4, -0.2) is 17.6 Å². The summed E-state index contributed by atoms with van der Waals surface area (Å²) >= 11 is 0. The van der Waals surface area contributed by atoms with Gasteiger partial charge < -0.3 is 9.47 Å². The molecule has 1 amide bonds. The molecule has 0 spiro atoms. The number of anilines is 1. The van der Waals surface area contributed by atoms with Crippen molar-refractivity contribution in [3.05, 3.63) is 63.7 Å². The Kier molecular flexibility index (Phi) is 4.09. The fourth-order valence-corrected chi connectivity index (χ4v) is 2.33. The summed E-state index contributed by atoms with van der Waals surface area (Å²) in [5.41, 5.74) is 1.48. The van der Waals surface area contributed by atoms with Gasteiger partial charge in [0.15, 0.2) is 0 Å². The molecular formula is C16H14N2O5. The van der Waals surface area contributed by atoms with Gasteiger partial charge in [0.05, 0.1) is 11.5 Å². The summed E-state index contributed by atoms with van der Waals surface area (Å²) in [6.07, 6.45) is -0.135. The van der Waals surface area contributed by atoms with E-state index in [9.17, 15) is 14.9 Å². The molecule has 1 aliphatic rings. The van der Waals surface area contributed by atoms with E-state index < -0.39 is 11.0 Å². The molecule has 0 atom stereocenters. The SMILES string of the molecule is O=C(Nc1cc2c(cc1[N+](=O)[O-])CCO2)OCc1ccccc1. The molecule has 3 rings (SSSR count). The van der Waals surface area contributed by atoms with Crippen molar-refractivity contribution in [2.75, 3.05) is 11.9 Å². The van der Waals surface area contributed by atoms with Crippen molar-refractivity contribution in [1.82, 2.24) is 0 Å². The smallest absolute Gasteiger partial charge is 0.412 e. The van der Waals surface area contributed by atoms with Crippen LogP contribution in [0.3, 0.4) is 0 Å². The molecule has 1 heterocycles. The minimum absolute atomic E-state index is 0.0636. The maximum atomic E-state index is 11.9. The molecule has 0 saturated heterocycles. The standard InChI is InChI=1S/C16H14N2O5/c19-16(23-10-11-4-2-1-3-5-11)17-13-9-15-12(6-7-22-15)8-14(13)18(20)21/h1-5,8-9H,6-7,10H2,(H,17,19). The fourth-order valence-electron chi connectivity index (χ4n) is 2.33. The van der Waals surface area contributed by atoms with Crippen LogP contribution in [0.2, 0.25) is 0 Å². The lowest BCUT2D eigenvalue weighted by Crippen LogP contribution is -2.14. The average molecular weight is 314 g/mol. The van der Waals surface area contributed by atoms with E-state index in [1.54, 1.807) is 0 Å².